The van der Waals surface area contributed by atoms with Gasteiger partial charge in [0.2, 0.25) is 0 Å². The number of pyridine rings is 1. The smallest absolute Gasteiger partial charge is 0.174 e. The van der Waals surface area contributed by atoms with Crippen molar-refractivity contribution in [1.29, 1.82) is 0 Å². The van der Waals surface area contributed by atoms with Crippen LogP contribution in [0.4, 0.5) is 5.82 Å². The topological polar surface area (TPSA) is 74.7 Å². The molecule has 0 saturated carbocycles. The molecule has 2 heterocycles. The molecule has 0 atom stereocenters. The van der Waals surface area contributed by atoms with Crippen LogP contribution in [0.5, 0.6) is 0 Å². The van der Waals surface area contributed by atoms with E-state index >= 15 is 0 Å². The Morgan fingerprint density at radius 1 is 1.33 bits per heavy atom. The summed E-state index contributed by atoms with van der Waals surface area (Å²) >= 11 is 0. The number of nitrogens with zero attached hydrogens (tertiary/aromatic N) is 3. The maximum atomic E-state index is 9.06. The Morgan fingerprint density at radius 2 is 2.05 bits per heavy atom. The summed E-state index contributed by atoms with van der Waals surface area (Å²) in [7, 11) is 0. The van der Waals surface area contributed by atoms with Gasteiger partial charge in [-0.3, -0.25) is 0 Å². The van der Waals surface area contributed by atoms with Crippen LogP contribution >= 0.6 is 0 Å². The highest BCUT2D eigenvalue weighted by atomic mass is 16.4. The Hall–Kier alpha value is -1.78. The molecule has 1 aromatic rings. The second kappa shape index (κ2) is 5.92. The van der Waals surface area contributed by atoms with Crippen molar-refractivity contribution in [2.45, 2.75) is 47.0 Å². The Labute approximate surface area is 126 Å². The van der Waals surface area contributed by atoms with Gasteiger partial charge in [0.25, 0.3) is 0 Å². The molecule has 0 amide bonds. The van der Waals surface area contributed by atoms with Gasteiger partial charge in [-0.1, -0.05) is 19.0 Å². The predicted octanol–water partition coefficient (Wildman–Crippen LogP) is 2.81. The minimum Gasteiger partial charge on any atom is -0.409 e. The van der Waals surface area contributed by atoms with Crippen molar-refractivity contribution in [3.63, 3.8) is 0 Å². The predicted molar refractivity (Wildman–Crippen MR) is 86.1 cm³/mol. The van der Waals surface area contributed by atoms with E-state index in [-0.39, 0.29) is 5.84 Å². The molecular weight excluding hydrogens is 264 g/mol. The summed E-state index contributed by atoms with van der Waals surface area (Å²) in [4.78, 5) is 6.95. The lowest BCUT2D eigenvalue weighted by Crippen LogP contribution is -2.30. The molecule has 0 unspecified atom stereocenters. The first kappa shape index (κ1) is 15.6. The second-order valence-corrected chi connectivity index (χ2v) is 6.77. The van der Waals surface area contributed by atoms with E-state index in [0.717, 1.165) is 48.6 Å². The third-order valence-corrected chi connectivity index (χ3v) is 4.33. The average Bonchev–Trinajstić information content (AvgIpc) is 2.58. The molecular formula is C16H26N4O. The molecule has 1 aromatic heterocycles. The Kier molecular flexibility index (Phi) is 4.40. The van der Waals surface area contributed by atoms with Crippen LogP contribution in [0.1, 0.15) is 49.9 Å². The minimum atomic E-state index is 0.138. The molecule has 0 radical (unpaired) electrons. The minimum absolute atomic E-state index is 0.138. The van der Waals surface area contributed by atoms with Gasteiger partial charge in [-0.2, -0.15) is 0 Å². The first-order chi connectivity index (χ1) is 9.84. The summed E-state index contributed by atoms with van der Waals surface area (Å²) < 4.78 is 0. The first-order valence-corrected chi connectivity index (χ1v) is 7.55. The Balaban J connectivity index is 2.43. The van der Waals surface area contributed by atoms with Gasteiger partial charge in [0.05, 0.1) is 5.56 Å². The molecule has 1 aliphatic heterocycles. The van der Waals surface area contributed by atoms with Gasteiger partial charge in [-0.25, -0.2) is 4.98 Å². The van der Waals surface area contributed by atoms with Gasteiger partial charge in [-0.15, -0.1) is 0 Å². The van der Waals surface area contributed by atoms with E-state index in [1.54, 1.807) is 0 Å². The van der Waals surface area contributed by atoms with Crippen molar-refractivity contribution in [2.24, 2.45) is 16.3 Å². The summed E-state index contributed by atoms with van der Waals surface area (Å²) in [6.07, 6.45) is 3.47. The van der Waals surface area contributed by atoms with E-state index in [4.69, 9.17) is 10.9 Å². The van der Waals surface area contributed by atoms with Gasteiger partial charge in [-0.05, 0) is 50.2 Å². The monoisotopic (exact) mass is 290 g/mol. The van der Waals surface area contributed by atoms with Gasteiger partial charge in [0.15, 0.2) is 5.84 Å². The molecule has 2 rings (SSSR count). The number of rotatable bonds is 2. The standard InChI is InChI=1S/C16H26N4O/c1-11-10-12(2)18-15(13(11)14(17)19-21)20-8-5-6-16(3,4)7-9-20/h10,21H,5-9H2,1-4H3,(H2,17,19). The van der Waals surface area contributed by atoms with E-state index in [2.05, 4.69) is 28.9 Å². The van der Waals surface area contributed by atoms with E-state index < -0.39 is 0 Å². The Morgan fingerprint density at radius 3 is 2.71 bits per heavy atom. The third kappa shape index (κ3) is 3.46. The molecule has 1 aliphatic rings. The molecule has 21 heavy (non-hydrogen) atoms. The maximum absolute atomic E-state index is 9.06. The normalized spacial score (nSPS) is 19.4. The SMILES string of the molecule is Cc1cc(C)c(C(N)=NO)c(N2CCCC(C)(C)CC2)n1. The van der Waals surface area contributed by atoms with Crippen LogP contribution in [0.3, 0.4) is 0 Å². The Bertz CT molecular complexity index is 551. The molecule has 116 valence electrons. The highest BCUT2D eigenvalue weighted by molar-refractivity contribution is 6.02. The lowest BCUT2D eigenvalue weighted by atomic mass is 9.85. The molecule has 0 aliphatic carbocycles. The number of hydrogen-bond acceptors (Lipinski definition) is 4. The highest BCUT2D eigenvalue weighted by Gasteiger charge is 2.26. The van der Waals surface area contributed by atoms with E-state index in [1.807, 2.05) is 19.9 Å². The molecule has 5 heteroatoms. The molecule has 3 N–H and O–H groups in total. The number of aromatic nitrogens is 1. The van der Waals surface area contributed by atoms with E-state index in [0.29, 0.717) is 5.41 Å². The van der Waals surface area contributed by atoms with Crippen molar-refractivity contribution in [3.8, 4) is 0 Å². The number of nitrogens with two attached hydrogens (primary N) is 1. The fourth-order valence-electron chi connectivity index (χ4n) is 3.05. The maximum Gasteiger partial charge on any atom is 0.174 e. The van der Waals surface area contributed by atoms with Crippen LogP contribution in [-0.4, -0.2) is 29.1 Å². The summed E-state index contributed by atoms with van der Waals surface area (Å²) in [5.41, 5.74) is 8.95. The highest BCUT2D eigenvalue weighted by Crippen LogP contribution is 2.32. The van der Waals surface area contributed by atoms with Crippen LogP contribution in [-0.2, 0) is 0 Å². The van der Waals surface area contributed by atoms with Crippen molar-refractivity contribution in [1.82, 2.24) is 4.98 Å². The zero-order valence-corrected chi connectivity index (χ0v) is 13.5. The molecule has 0 spiro atoms. The zero-order valence-electron chi connectivity index (χ0n) is 13.5. The summed E-state index contributed by atoms with van der Waals surface area (Å²) in [5.74, 6) is 0.985. The summed E-state index contributed by atoms with van der Waals surface area (Å²) in [6.45, 7) is 10.5. The van der Waals surface area contributed by atoms with Crippen LogP contribution < -0.4 is 10.6 Å². The van der Waals surface area contributed by atoms with Crippen molar-refractivity contribution in [3.05, 3.63) is 22.9 Å². The van der Waals surface area contributed by atoms with Crippen LogP contribution in [0.25, 0.3) is 0 Å². The molecule has 1 saturated heterocycles. The summed E-state index contributed by atoms with van der Waals surface area (Å²) in [5, 5.41) is 12.2. The van der Waals surface area contributed by atoms with Gasteiger partial charge < -0.3 is 15.8 Å². The lowest BCUT2D eigenvalue weighted by molar-refractivity contribution is 0.318. The first-order valence-electron chi connectivity index (χ1n) is 7.55. The zero-order chi connectivity index (χ0) is 15.6. The molecule has 0 aromatic carbocycles. The molecule has 1 fully saturated rings. The fourth-order valence-corrected chi connectivity index (χ4v) is 3.05. The largest absolute Gasteiger partial charge is 0.409 e. The van der Waals surface area contributed by atoms with Gasteiger partial charge >= 0.3 is 0 Å². The number of amidine groups is 1. The van der Waals surface area contributed by atoms with Gasteiger partial charge in [0, 0.05) is 18.8 Å². The number of oxime groups is 1. The van der Waals surface area contributed by atoms with E-state index in [1.165, 1.54) is 6.42 Å². The molecule has 0 bridgehead atoms. The van der Waals surface area contributed by atoms with Crippen molar-refractivity contribution >= 4 is 11.7 Å². The number of hydrogen-bond donors (Lipinski definition) is 2. The van der Waals surface area contributed by atoms with E-state index in [9.17, 15) is 0 Å². The van der Waals surface area contributed by atoms with Gasteiger partial charge in [0.1, 0.15) is 5.82 Å². The van der Waals surface area contributed by atoms with Crippen LogP contribution in [0, 0.1) is 19.3 Å². The van der Waals surface area contributed by atoms with Crippen LogP contribution in [0.2, 0.25) is 0 Å². The summed E-state index contributed by atoms with van der Waals surface area (Å²) in [6, 6.07) is 1.97. The number of aryl methyl sites for hydroxylation is 2. The fraction of sp³-hybridized carbons (Fsp3) is 0.625. The van der Waals surface area contributed by atoms with Crippen molar-refractivity contribution in [2.75, 3.05) is 18.0 Å². The van der Waals surface area contributed by atoms with Crippen molar-refractivity contribution < 1.29 is 5.21 Å². The number of anilines is 1. The lowest BCUT2D eigenvalue weighted by Gasteiger charge is -2.26. The second-order valence-electron chi connectivity index (χ2n) is 6.77. The van der Waals surface area contributed by atoms with Crippen LogP contribution in [0.15, 0.2) is 11.2 Å². The average molecular weight is 290 g/mol. The quantitative estimate of drug-likeness (QED) is 0.380. The third-order valence-electron chi connectivity index (χ3n) is 4.33. The molecule has 5 nitrogen and oxygen atoms in total.